The maximum Gasteiger partial charge on any atom is 0.135 e. The van der Waals surface area contributed by atoms with Crippen LogP contribution in [0, 0.1) is 5.92 Å². The van der Waals surface area contributed by atoms with Crippen LogP contribution in [0.25, 0.3) is 0 Å². The Morgan fingerprint density at radius 3 is 2.23 bits per heavy atom. The molecule has 2 fully saturated rings. The van der Waals surface area contributed by atoms with Crippen molar-refractivity contribution in [2.75, 3.05) is 19.6 Å². The van der Waals surface area contributed by atoms with E-state index in [-0.39, 0.29) is 0 Å². The summed E-state index contributed by atoms with van der Waals surface area (Å²) in [4.78, 5) is 13.3. The first-order valence-corrected chi connectivity index (χ1v) is 5.58. The third-order valence-corrected chi connectivity index (χ3v) is 2.63. The summed E-state index contributed by atoms with van der Waals surface area (Å²) < 4.78 is 0. The Morgan fingerprint density at radius 1 is 1.23 bits per heavy atom. The molecule has 2 nitrogen and oxygen atoms in total. The maximum atomic E-state index is 10.9. The molecular formula is C11H21NO. The second kappa shape index (κ2) is 5.38. The molecule has 1 aliphatic carbocycles. The highest BCUT2D eigenvalue weighted by molar-refractivity contribution is 5.79. The molecule has 0 aromatic carbocycles. The van der Waals surface area contributed by atoms with Gasteiger partial charge in [0.25, 0.3) is 0 Å². The maximum absolute atomic E-state index is 10.9. The van der Waals surface area contributed by atoms with Gasteiger partial charge >= 0.3 is 0 Å². The van der Waals surface area contributed by atoms with Crippen LogP contribution in [-0.4, -0.2) is 30.3 Å². The lowest BCUT2D eigenvalue weighted by atomic mass is 10.1. The summed E-state index contributed by atoms with van der Waals surface area (Å²) in [5.74, 6) is 1.43. The number of carbonyl (C=O) groups excluding carboxylic acids is 1. The highest BCUT2D eigenvalue weighted by atomic mass is 16.1. The number of Topliss-reactive ketones (excluding diaryl/α,β-unsaturated/α-hetero) is 1. The monoisotopic (exact) mass is 183 g/mol. The van der Waals surface area contributed by atoms with E-state index in [0.29, 0.717) is 5.78 Å². The summed E-state index contributed by atoms with van der Waals surface area (Å²) in [6.45, 7) is 7.30. The summed E-state index contributed by atoms with van der Waals surface area (Å²) in [5, 5.41) is 0. The third-order valence-electron chi connectivity index (χ3n) is 2.63. The molecule has 0 amide bonds. The van der Waals surface area contributed by atoms with Gasteiger partial charge in [0.05, 0.1) is 0 Å². The molecule has 2 heteroatoms. The highest BCUT2D eigenvalue weighted by Crippen LogP contribution is 2.30. The fourth-order valence-electron chi connectivity index (χ4n) is 1.65. The van der Waals surface area contributed by atoms with E-state index >= 15 is 0 Å². The lowest BCUT2D eigenvalue weighted by molar-refractivity contribution is -0.121. The number of nitrogens with zero attached hydrogens (tertiary/aromatic N) is 1. The fraction of sp³-hybridized carbons (Fsp3) is 0.909. The van der Waals surface area contributed by atoms with E-state index in [1.807, 2.05) is 13.8 Å². The minimum atomic E-state index is 0.456. The van der Waals surface area contributed by atoms with Gasteiger partial charge in [-0.05, 0) is 18.8 Å². The van der Waals surface area contributed by atoms with Crippen LogP contribution >= 0.6 is 0 Å². The van der Waals surface area contributed by atoms with Crippen LogP contribution in [0.15, 0.2) is 0 Å². The molecule has 0 bridgehead atoms. The Hall–Kier alpha value is -0.370. The van der Waals surface area contributed by atoms with E-state index in [4.69, 9.17) is 0 Å². The standard InChI is InChI=1S/C9H15NO.C2H6/c11-9-3-5-10(6-4-9)7-8-1-2-8;1-2/h8H,1-7H2;1-2H3. The first-order chi connectivity index (χ1) is 6.34. The SMILES string of the molecule is CC.O=C1CCN(CC2CC2)CC1. The lowest BCUT2D eigenvalue weighted by Gasteiger charge is -2.25. The third kappa shape index (κ3) is 3.90. The second-order valence-electron chi connectivity index (χ2n) is 3.78. The van der Waals surface area contributed by atoms with Gasteiger partial charge in [-0.1, -0.05) is 13.8 Å². The van der Waals surface area contributed by atoms with Crippen LogP contribution in [0.1, 0.15) is 39.5 Å². The molecule has 1 saturated heterocycles. The quantitative estimate of drug-likeness (QED) is 0.653. The summed E-state index contributed by atoms with van der Waals surface area (Å²) >= 11 is 0. The van der Waals surface area contributed by atoms with Gasteiger partial charge in [-0.2, -0.15) is 0 Å². The summed E-state index contributed by atoms with van der Waals surface area (Å²) in [7, 11) is 0. The van der Waals surface area contributed by atoms with Crippen LogP contribution in [-0.2, 0) is 4.79 Å². The average molecular weight is 183 g/mol. The first kappa shape index (κ1) is 10.7. The molecule has 0 atom stereocenters. The molecule has 0 radical (unpaired) electrons. The zero-order chi connectivity index (χ0) is 9.68. The Kier molecular flexibility index (Phi) is 4.43. The van der Waals surface area contributed by atoms with Crippen molar-refractivity contribution in [3.05, 3.63) is 0 Å². The summed E-state index contributed by atoms with van der Waals surface area (Å²) in [6.07, 6.45) is 4.44. The number of hydrogen-bond acceptors (Lipinski definition) is 2. The molecule has 13 heavy (non-hydrogen) atoms. The van der Waals surface area contributed by atoms with Crippen LogP contribution < -0.4 is 0 Å². The van der Waals surface area contributed by atoms with Gasteiger partial charge < -0.3 is 4.90 Å². The topological polar surface area (TPSA) is 20.3 Å². The van der Waals surface area contributed by atoms with Crippen LogP contribution in [0.3, 0.4) is 0 Å². The zero-order valence-corrected chi connectivity index (χ0v) is 8.88. The van der Waals surface area contributed by atoms with Crippen molar-refractivity contribution in [3.63, 3.8) is 0 Å². The summed E-state index contributed by atoms with van der Waals surface area (Å²) in [5.41, 5.74) is 0. The smallest absolute Gasteiger partial charge is 0.135 e. The first-order valence-electron chi connectivity index (χ1n) is 5.58. The largest absolute Gasteiger partial charge is 0.302 e. The van der Waals surface area contributed by atoms with E-state index in [1.165, 1.54) is 19.4 Å². The number of hydrogen-bond donors (Lipinski definition) is 0. The van der Waals surface area contributed by atoms with Crippen LogP contribution in [0.2, 0.25) is 0 Å². The molecule has 0 aromatic rings. The van der Waals surface area contributed by atoms with Crippen molar-refractivity contribution in [3.8, 4) is 0 Å². The Labute approximate surface area is 81.3 Å². The van der Waals surface area contributed by atoms with Crippen molar-refractivity contribution < 1.29 is 4.79 Å². The second-order valence-corrected chi connectivity index (χ2v) is 3.78. The lowest BCUT2D eigenvalue weighted by Crippen LogP contribution is -2.35. The molecular weight excluding hydrogens is 162 g/mol. The molecule has 0 spiro atoms. The van der Waals surface area contributed by atoms with Crippen molar-refractivity contribution in [2.24, 2.45) is 5.92 Å². The Morgan fingerprint density at radius 2 is 1.77 bits per heavy atom. The van der Waals surface area contributed by atoms with Crippen molar-refractivity contribution in [2.45, 2.75) is 39.5 Å². The van der Waals surface area contributed by atoms with Gasteiger partial charge in [-0.25, -0.2) is 0 Å². The van der Waals surface area contributed by atoms with Gasteiger partial charge in [0.15, 0.2) is 0 Å². The Balaban J connectivity index is 0.000000396. The molecule has 0 N–H and O–H groups in total. The number of ketones is 1. The number of rotatable bonds is 2. The highest BCUT2D eigenvalue weighted by Gasteiger charge is 2.25. The molecule has 0 aromatic heterocycles. The predicted molar refractivity (Wildman–Crippen MR) is 54.8 cm³/mol. The minimum absolute atomic E-state index is 0.456. The normalized spacial score (nSPS) is 23.7. The summed E-state index contributed by atoms with van der Waals surface area (Å²) in [6, 6.07) is 0. The number of likely N-dealkylation sites (tertiary alicyclic amines) is 1. The molecule has 1 aliphatic heterocycles. The molecule has 0 unspecified atom stereocenters. The van der Waals surface area contributed by atoms with Crippen molar-refractivity contribution in [1.29, 1.82) is 0 Å². The van der Waals surface area contributed by atoms with Gasteiger partial charge in [0.2, 0.25) is 0 Å². The van der Waals surface area contributed by atoms with Gasteiger partial charge in [-0.15, -0.1) is 0 Å². The van der Waals surface area contributed by atoms with Crippen LogP contribution in [0.4, 0.5) is 0 Å². The molecule has 2 rings (SSSR count). The van der Waals surface area contributed by atoms with Crippen molar-refractivity contribution >= 4 is 5.78 Å². The number of piperidine rings is 1. The van der Waals surface area contributed by atoms with Gasteiger partial charge in [-0.3, -0.25) is 4.79 Å². The van der Waals surface area contributed by atoms with Gasteiger partial charge in [0, 0.05) is 32.5 Å². The zero-order valence-electron chi connectivity index (χ0n) is 8.88. The van der Waals surface area contributed by atoms with E-state index in [1.54, 1.807) is 0 Å². The van der Waals surface area contributed by atoms with E-state index < -0.39 is 0 Å². The molecule has 1 saturated carbocycles. The fourth-order valence-corrected chi connectivity index (χ4v) is 1.65. The van der Waals surface area contributed by atoms with Crippen LogP contribution in [0.5, 0.6) is 0 Å². The van der Waals surface area contributed by atoms with E-state index in [2.05, 4.69) is 4.90 Å². The molecule has 76 valence electrons. The van der Waals surface area contributed by atoms with Gasteiger partial charge in [0.1, 0.15) is 5.78 Å². The minimum Gasteiger partial charge on any atom is -0.302 e. The molecule has 1 heterocycles. The molecule has 2 aliphatic rings. The average Bonchev–Trinajstić information content (AvgIpc) is 2.96. The number of carbonyl (C=O) groups is 1. The Bertz CT molecular complexity index is 153. The van der Waals surface area contributed by atoms with E-state index in [0.717, 1.165) is 31.8 Å². The predicted octanol–water partition coefficient (Wildman–Crippen LogP) is 2.09. The van der Waals surface area contributed by atoms with Crippen molar-refractivity contribution in [1.82, 2.24) is 4.90 Å². The van der Waals surface area contributed by atoms with E-state index in [9.17, 15) is 4.79 Å².